The van der Waals surface area contributed by atoms with E-state index in [1.165, 1.54) is 68.5 Å². The van der Waals surface area contributed by atoms with Crippen molar-refractivity contribution < 1.29 is 8.83 Å². The van der Waals surface area contributed by atoms with E-state index in [2.05, 4.69) is 98.1 Å². The molecule has 1 aliphatic carbocycles. The minimum Gasteiger partial charge on any atom is -0.455 e. The molecule has 0 N–H and O–H groups in total. The Hall–Kier alpha value is -4.32. The van der Waals surface area contributed by atoms with Crippen molar-refractivity contribution >= 4 is 86.1 Å². The van der Waals surface area contributed by atoms with E-state index in [1.54, 1.807) is 0 Å². The highest BCUT2D eigenvalue weighted by atomic mass is 32.1. The van der Waals surface area contributed by atoms with Gasteiger partial charge in [0.1, 0.15) is 22.4 Å². The largest absolute Gasteiger partial charge is 0.455 e. The lowest BCUT2D eigenvalue weighted by Gasteiger charge is -2.08. The van der Waals surface area contributed by atoms with E-state index in [-0.39, 0.29) is 0 Å². The molecule has 0 aliphatic heterocycles. The number of hydrogen-bond acceptors (Lipinski definition) is 4. The van der Waals surface area contributed by atoms with Crippen LogP contribution >= 0.6 is 22.7 Å². The number of furan rings is 2. The number of aromatic nitrogens is 1. The summed E-state index contributed by atoms with van der Waals surface area (Å²) >= 11 is 3.69. The summed E-state index contributed by atoms with van der Waals surface area (Å²) < 4.78 is 19.6. The molecule has 0 saturated carbocycles. The summed E-state index contributed by atoms with van der Waals surface area (Å²) in [5.74, 6) is 1.04. The molecular weight excluding hydrogens is 543 g/mol. The van der Waals surface area contributed by atoms with Gasteiger partial charge in [-0.05, 0) is 79.2 Å². The molecule has 5 heteroatoms. The monoisotopic (exact) mass is 565 g/mol. The van der Waals surface area contributed by atoms with Gasteiger partial charge in [0.2, 0.25) is 0 Å². The Bertz CT molecular complexity index is 2580. The average Bonchev–Trinajstić information content (AvgIpc) is 3.77. The maximum absolute atomic E-state index is 6.78. The van der Waals surface area contributed by atoms with Crippen LogP contribution < -0.4 is 0 Å². The molecule has 1 aliphatic rings. The van der Waals surface area contributed by atoms with Gasteiger partial charge in [0.25, 0.3) is 0 Å². The highest BCUT2D eigenvalue weighted by Crippen LogP contribution is 2.52. The van der Waals surface area contributed by atoms with Crippen LogP contribution in [0.2, 0.25) is 0 Å². The predicted molar refractivity (Wildman–Crippen MR) is 174 cm³/mol. The molecule has 9 aromatic rings. The lowest BCUT2D eigenvalue weighted by molar-refractivity contribution is 0.632. The van der Waals surface area contributed by atoms with Crippen LogP contribution in [0.25, 0.3) is 79.8 Å². The molecule has 0 bridgehead atoms. The number of nitrogens with zero attached hydrogens (tertiary/aromatic N) is 1. The Balaban J connectivity index is 1.25. The fourth-order valence-electron chi connectivity index (χ4n) is 6.86. The zero-order valence-corrected chi connectivity index (χ0v) is 24.3. The summed E-state index contributed by atoms with van der Waals surface area (Å²) in [5, 5.41) is 4.92. The van der Waals surface area contributed by atoms with Gasteiger partial charge in [-0.3, -0.25) is 0 Å². The van der Waals surface area contributed by atoms with E-state index in [9.17, 15) is 0 Å². The molecule has 4 aromatic carbocycles. The fraction of sp³-hybridized carbons (Fsp3) is 0.111. The third-order valence-corrected chi connectivity index (χ3v) is 11.3. The lowest BCUT2D eigenvalue weighted by atomic mass is 10.1. The maximum Gasteiger partial charge on any atom is 0.170 e. The van der Waals surface area contributed by atoms with Crippen molar-refractivity contribution in [3.63, 3.8) is 0 Å². The molecule has 0 atom stereocenters. The summed E-state index contributed by atoms with van der Waals surface area (Å²) in [4.78, 5) is 1.29. The molecule has 196 valence electrons. The summed E-state index contributed by atoms with van der Waals surface area (Å²) in [6.07, 6.45) is 0.909. The van der Waals surface area contributed by atoms with E-state index >= 15 is 0 Å². The molecule has 0 saturated heterocycles. The molecule has 0 radical (unpaired) electrons. The zero-order chi connectivity index (χ0) is 27.1. The topological polar surface area (TPSA) is 31.2 Å². The van der Waals surface area contributed by atoms with Crippen molar-refractivity contribution in [3.8, 4) is 16.3 Å². The highest BCUT2D eigenvalue weighted by Gasteiger charge is 2.30. The molecule has 0 fully saturated rings. The van der Waals surface area contributed by atoms with Crippen molar-refractivity contribution in [2.24, 2.45) is 0 Å². The number of rotatable bonds is 1. The molecule has 41 heavy (non-hydrogen) atoms. The fourth-order valence-corrected chi connectivity index (χ4v) is 9.46. The average molecular weight is 566 g/mol. The second-order valence-corrected chi connectivity index (χ2v) is 13.6. The van der Waals surface area contributed by atoms with Crippen LogP contribution in [0.1, 0.15) is 27.8 Å². The predicted octanol–water partition coefficient (Wildman–Crippen LogP) is 11.2. The lowest BCUT2D eigenvalue weighted by Crippen LogP contribution is -1.93. The standard InChI is InChI=1S/C36H23NO2S2/c1-17-4-8-20(9-5-17)37-27-12-18(2)7-11-22(27)34-31(37)33-36(41-34)26-16-28-23(15-29(26)39-33)24-14-25-21-10-6-19(3)13-30(21)40-35(25)32(24)38-28/h4-13,15-16H,14H2,1-3H3. The van der Waals surface area contributed by atoms with Gasteiger partial charge in [-0.25, -0.2) is 0 Å². The van der Waals surface area contributed by atoms with Gasteiger partial charge < -0.3 is 13.4 Å². The Kier molecular flexibility index (Phi) is 4.09. The first-order chi connectivity index (χ1) is 20.0. The minimum absolute atomic E-state index is 0.909. The Morgan fingerprint density at radius 3 is 2.22 bits per heavy atom. The van der Waals surface area contributed by atoms with E-state index in [0.29, 0.717) is 0 Å². The van der Waals surface area contributed by atoms with Crippen LogP contribution in [0.5, 0.6) is 0 Å². The summed E-state index contributed by atoms with van der Waals surface area (Å²) in [6, 6.07) is 26.8. The summed E-state index contributed by atoms with van der Waals surface area (Å²) in [7, 11) is 0. The maximum atomic E-state index is 6.78. The molecule has 3 nitrogen and oxygen atoms in total. The summed E-state index contributed by atoms with van der Waals surface area (Å²) in [6.45, 7) is 6.45. The molecule has 0 unspecified atom stereocenters. The molecular formula is C36H23NO2S2. The molecule has 0 amide bonds. The number of hydrogen-bond donors (Lipinski definition) is 0. The van der Waals surface area contributed by atoms with Crippen LogP contribution in [-0.2, 0) is 6.42 Å². The van der Waals surface area contributed by atoms with Crippen LogP contribution in [0.3, 0.4) is 0 Å². The van der Waals surface area contributed by atoms with Gasteiger partial charge in [-0.2, -0.15) is 0 Å². The van der Waals surface area contributed by atoms with Crippen LogP contribution in [-0.4, -0.2) is 4.57 Å². The van der Waals surface area contributed by atoms with Crippen molar-refractivity contribution in [2.75, 3.05) is 0 Å². The molecule has 5 aromatic heterocycles. The first kappa shape index (κ1) is 22.4. The second kappa shape index (κ2) is 7.49. The first-order valence-corrected chi connectivity index (χ1v) is 15.6. The Labute approximate surface area is 242 Å². The summed E-state index contributed by atoms with van der Waals surface area (Å²) in [5.41, 5.74) is 12.9. The van der Waals surface area contributed by atoms with Crippen LogP contribution in [0.4, 0.5) is 0 Å². The number of thiophene rings is 2. The van der Waals surface area contributed by atoms with Gasteiger partial charge in [-0.1, -0.05) is 42.0 Å². The zero-order valence-electron chi connectivity index (χ0n) is 22.7. The van der Waals surface area contributed by atoms with Crippen molar-refractivity contribution in [3.05, 3.63) is 101 Å². The Morgan fingerprint density at radius 2 is 1.37 bits per heavy atom. The molecule has 10 rings (SSSR count). The smallest absolute Gasteiger partial charge is 0.170 e. The molecule has 5 heterocycles. The minimum atomic E-state index is 0.909. The SMILES string of the molecule is Cc1ccc(-n2c3cc(C)ccc3c3sc4c5cc6oc7c(c6cc5oc4c32)Cc2c-7sc3cc(C)ccc23)cc1. The van der Waals surface area contributed by atoms with E-state index in [4.69, 9.17) is 8.83 Å². The van der Waals surface area contributed by atoms with Crippen molar-refractivity contribution in [1.29, 1.82) is 0 Å². The second-order valence-electron chi connectivity index (χ2n) is 11.6. The van der Waals surface area contributed by atoms with Crippen molar-refractivity contribution in [2.45, 2.75) is 27.2 Å². The number of aryl methyl sites for hydroxylation is 3. The third-order valence-electron chi connectivity index (χ3n) is 8.85. The third kappa shape index (κ3) is 2.83. The van der Waals surface area contributed by atoms with E-state index < -0.39 is 0 Å². The Morgan fingerprint density at radius 1 is 0.634 bits per heavy atom. The van der Waals surface area contributed by atoms with Crippen LogP contribution in [0, 0.1) is 20.8 Å². The van der Waals surface area contributed by atoms with E-state index in [0.717, 1.165) is 45.5 Å². The normalized spacial score (nSPS) is 13.1. The van der Waals surface area contributed by atoms with E-state index in [1.807, 2.05) is 22.7 Å². The van der Waals surface area contributed by atoms with Crippen LogP contribution in [0.15, 0.2) is 81.6 Å². The number of fused-ring (bicyclic) bond motifs is 14. The first-order valence-electron chi connectivity index (χ1n) is 14.0. The number of benzene rings is 4. The van der Waals surface area contributed by atoms with Crippen molar-refractivity contribution in [1.82, 2.24) is 4.57 Å². The van der Waals surface area contributed by atoms with Gasteiger partial charge in [0.15, 0.2) is 5.58 Å². The van der Waals surface area contributed by atoms with Gasteiger partial charge in [-0.15, -0.1) is 22.7 Å². The van der Waals surface area contributed by atoms with Gasteiger partial charge in [0.05, 0.1) is 19.8 Å². The van der Waals surface area contributed by atoms with Gasteiger partial charge >= 0.3 is 0 Å². The molecule has 0 spiro atoms. The quantitative estimate of drug-likeness (QED) is 0.198. The van der Waals surface area contributed by atoms with Gasteiger partial charge in [0, 0.05) is 38.5 Å². The highest BCUT2D eigenvalue weighted by molar-refractivity contribution is 7.27.